The maximum Gasteiger partial charge on any atom is 0.226 e. The number of carbonyl (C=O) groups excluding carboxylic acids is 1. The average molecular weight is 301 g/mol. The monoisotopic (exact) mass is 301 g/mol. The van der Waals surface area contributed by atoms with Crippen LogP contribution in [0.25, 0.3) is 10.2 Å². The van der Waals surface area contributed by atoms with Gasteiger partial charge >= 0.3 is 0 Å². The van der Waals surface area contributed by atoms with Crippen molar-refractivity contribution in [3.05, 3.63) is 35.6 Å². The molecule has 0 aliphatic heterocycles. The normalized spacial score (nSPS) is 10.9. The van der Waals surface area contributed by atoms with E-state index < -0.39 is 0 Å². The first-order valence-corrected chi connectivity index (χ1v) is 7.62. The Kier molecular flexibility index (Phi) is 4.20. The van der Waals surface area contributed by atoms with Crippen molar-refractivity contribution >= 4 is 33.4 Å². The fourth-order valence-corrected chi connectivity index (χ4v) is 3.06. The molecule has 0 saturated carbocycles. The number of thiazole rings is 1. The van der Waals surface area contributed by atoms with Gasteiger partial charge in [0.1, 0.15) is 6.33 Å². The van der Waals surface area contributed by atoms with Gasteiger partial charge in [0.15, 0.2) is 0 Å². The van der Waals surface area contributed by atoms with Gasteiger partial charge in [-0.05, 0) is 31.4 Å². The Morgan fingerprint density at radius 1 is 1.29 bits per heavy atom. The number of carbonyl (C=O) groups is 1. The summed E-state index contributed by atoms with van der Waals surface area (Å²) in [6, 6.07) is 8.14. The molecule has 0 radical (unpaired) electrons. The zero-order valence-corrected chi connectivity index (χ0v) is 12.2. The van der Waals surface area contributed by atoms with Crippen molar-refractivity contribution in [2.45, 2.75) is 25.7 Å². The van der Waals surface area contributed by atoms with Gasteiger partial charge in [-0.3, -0.25) is 10.1 Å². The van der Waals surface area contributed by atoms with Crippen molar-refractivity contribution in [3.8, 4) is 0 Å². The topological polar surface area (TPSA) is 83.6 Å². The zero-order valence-electron chi connectivity index (χ0n) is 11.4. The van der Waals surface area contributed by atoms with Crippen molar-refractivity contribution < 1.29 is 4.79 Å². The van der Waals surface area contributed by atoms with E-state index in [1.807, 2.05) is 18.2 Å². The number of H-pyrrole nitrogens is 1. The number of unbranched alkanes of at least 4 members (excludes halogenated alkanes) is 1. The van der Waals surface area contributed by atoms with E-state index in [0.29, 0.717) is 12.4 Å². The quantitative estimate of drug-likeness (QED) is 0.686. The van der Waals surface area contributed by atoms with Crippen LogP contribution in [0, 0.1) is 0 Å². The summed E-state index contributed by atoms with van der Waals surface area (Å²) in [6.45, 7) is 0. The molecule has 0 unspecified atom stereocenters. The van der Waals surface area contributed by atoms with Crippen LogP contribution in [-0.2, 0) is 11.2 Å². The predicted octanol–water partition coefficient (Wildman–Crippen LogP) is 2.77. The summed E-state index contributed by atoms with van der Waals surface area (Å²) in [5.74, 6) is 0.349. The van der Waals surface area contributed by atoms with Gasteiger partial charge in [-0.25, -0.2) is 10.1 Å². The lowest BCUT2D eigenvalue weighted by Gasteiger charge is -2.00. The Labute approximate surface area is 125 Å². The molecule has 7 heteroatoms. The number of rotatable bonds is 6. The highest BCUT2D eigenvalue weighted by Crippen LogP contribution is 2.22. The van der Waals surface area contributed by atoms with Crippen molar-refractivity contribution in [1.82, 2.24) is 20.2 Å². The molecule has 2 N–H and O–H groups in total. The Bertz CT molecular complexity index is 689. The fraction of sp³-hybridized carbons (Fsp3) is 0.286. The number of hydrogen-bond acceptors (Lipinski definition) is 5. The minimum Gasteiger partial charge on any atom is -0.295 e. The third-order valence-electron chi connectivity index (χ3n) is 3.06. The fourth-order valence-electron chi connectivity index (χ4n) is 2.05. The van der Waals surface area contributed by atoms with E-state index in [1.54, 1.807) is 11.3 Å². The maximum absolute atomic E-state index is 11.7. The summed E-state index contributed by atoms with van der Waals surface area (Å²) in [4.78, 5) is 20.1. The summed E-state index contributed by atoms with van der Waals surface area (Å²) in [6.07, 6.45) is 4.53. The number of anilines is 1. The molecule has 6 nitrogen and oxygen atoms in total. The van der Waals surface area contributed by atoms with Crippen LogP contribution in [-0.4, -0.2) is 26.1 Å². The number of nitrogens with one attached hydrogen (secondary N) is 2. The molecular weight excluding hydrogens is 286 g/mol. The third-order valence-corrected chi connectivity index (χ3v) is 4.15. The number of benzene rings is 1. The number of amides is 1. The molecule has 0 spiro atoms. The average Bonchev–Trinajstić information content (AvgIpc) is 3.12. The summed E-state index contributed by atoms with van der Waals surface area (Å²) in [5.41, 5.74) is 1.06. The largest absolute Gasteiger partial charge is 0.295 e. The summed E-state index contributed by atoms with van der Waals surface area (Å²) >= 11 is 1.72. The second-order valence-corrected chi connectivity index (χ2v) is 5.78. The molecule has 3 aromatic rings. The first-order chi connectivity index (χ1) is 10.3. The molecule has 0 saturated heterocycles. The number of aromatic amines is 1. The molecule has 1 amide bonds. The molecule has 1 aromatic carbocycles. The van der Waals surface area contributed by atoms with Crippen LogP contribution in [0.15, 0.2) is 30.6 Å². The van der Waals surface area contributed by atoms with E-state index in [4.69, 9.17) is 0 Å². The number of fused-ring (bicyclic) bond motifs is 1. The number of nitrogens with zero attached hydrogens (tertiary/aromatic N) is 3. The van der Waals surface area contributed by atoms with Crippen molar-refractivity contribution in [3.63, 3.8) is 0 Å². The van der Waals surface area contributed by atoms with Crippen molar-refractivity contribution in [1.29, 1.82) is 0 Å². The lowest BCUT2D eigenvalue weighted by Crippen LogP contribution is -2.12. The molecule has 0 aliphatic carbocycles. The highest BCUT2D eigenvalue weighted by molar-refractivity contribution is 7.18. The molecule has 2 heterocycles. The minimum absolute atomic E-state index is 0.0453. The predicted molar refractivity (Wildman–Crippen MR) is 82.2 cm³/mol. The second-order valence-electron chi connectivity index (χ2n) is 4.66. The van der Waals surface area contributed by atoms with Crippen LogP contribution in [0.1, 0.15) is 24.3 Å². The van der Waals surface area contributed by atoms with Gasteiger partial charge in [-0.2, -0.15) is 10.1 Å². The lowest BCUT2D eigenvalue weighted by atomic mass is 10.2. The van der Waals surface area contributed by atoms with E-state index in [0.717, 1.165) is 29.8 Å². The van der Waals surface area contributed by atoms with E-state index in [2.05, 4.69) is 31.5 Å². The molecule has 108 valence electrons. The standard InChI is InChI=1S/C14H15N5OS/c20-12(18-14-15-9-16-19-14)7-3-4-8-13-17-10-5-1-2-6-11(10)21-13/h1-2,5-6,9H,3-4,7-8H2,(H2,15,16,18,19,20). The first-order valence-electron chi connectivity index (χ1n) is 6.81. The van der Waals surface area contributed by atoms with Gasteiger partial charge in [0.25, 0.3) is 0 Å². The molecule has 3 rings (SSSR count). The Morgan fingerprint density at radius 3 is 3.00 bits per heavy atom. The minimum atomic E-state index is -0.0453. The number of hydrogen-bond donors (Lipinski definition) is 2. The number of para-hydroxylation sites is 1. The van der Waals surface area contributed by atoms with Gasteiger partial charge in [0, 0.05) is 6.42 Å². The van der Waals surface area contributed by atoms with E-state index in [-0.39, 0.29) is 5.91 Å². The summed E-state index contributed by atoms with van der Waals surface area (Å²) < 4.78 is 1.22. The van der Waals surface area contributed by atoms with Crippen LogP contribution >= 0.6 is 11.3 Å². The molecule has 0 bridgehead atoms. The van der Waals surface area contributed by atoms with Gasteiger partial charge < -0.3 is 0 Å². The van der Waals surface area contributed by atoms with Crippen LogP contribution in [0.3, 0.4) is 0 Å². The van der Waals surface area contributed by atoms with Gasteiger partial charge in [0.05, 0.1) is 15.2 Å². The molecule has 0 atom stereocenters. The van der Waals surface area contributed by atoms with Crippen LogP contribution in [0.5, 0.6) is 0 Å². The highest BCUT2D eigenvalue weighted by atomic mass is 32.1. The summed E-state index contributed by atoms with van der Waals surface area (Å²) in [7, 11) is 0. The Hall–Kier alpha value is -2.28. The number of aromatic nitrogens is 4. The third kappa shape index (κ3) is 3.63. The second kappa shape index (κ2) is 6.45. The maximum atomic E-state index is 11.7. The first kappa shape index (κ1) is 13.7. The van der Waals surface area contributed by atoms with Crippen LogP contribution in [0.2, 0.25) is 0 Å². The van der Waals surface area contributed by atoms with E-state index in [1.165, 1.54) is 11.0 Å². The molecule has 21 heavy (non-hydrogen) atoms. The van der Waals surface area contributed by atoms with E-state index >= 15 is 0 Å². The van der Waals surface area contributed by atoms with Gasteiger partial charge in [-0.15, -0.1) is 11.3 Å². The molecule has 2 aromatic heterocycles. The molecule has 0 fully saturated rings. The highest BCUT2D eigenvalue weighted by Gasteiger charge is 2.06. The van der Waals surface area contributed by atoms with Crippen LogP contribution in [0.4, 0.5) is 5.95 Å². The van der Waals surface area contributed by atoms with Crippen LogP contribution < -0.4 is 5.32 Å². The molecule has 0 aliphatic rings. The van der Waals surface area contributed by atoms with E-state index in [9.17, 15) is 4.79 Å². The number of aryl methyl sites for hydroxylation is 1. The van der Waals surface area contributed by atoms with Gasteiger partial charge in [0.2, 0.25) is 11.9 Å². The SMILES string of the molecule is O=C(CCCCc1nc2ccccc2s1)Nc1ncn[nH]1. The van der Waals surface area contributed by atoms with Gasteiger partial charge in [-0.1, -0.05) is 12.1 Å². The molecular formula is C14H15N5OS. The Balaban J connectivity index is 1.42. The zero-order chi connectivity index (χ0) is 14.5. The smallest absolute Gasteiger partial charge is 0.226 e. The van der Waals surface area contributed by atoms with Crippen molar-refractivity contribution in [2.24, 2.45) is 0 Å². The van der Waals surface area contributed by atoms with Crippen molar-refractivity contribution in [2.75, 3.05) is 5.32 Å². The lowest BCUT2D eigenvalue weighted by molar-refractivity contribution is -0.116. The summed E-state index contributed by atoms with van der Waals surface area (Å²) in [5, 5.41) is 10.1. The Morgan fingerprint density at radius 2 is 2.19 bits per heavy atom.